The number of hydrogen-bond acceptors (Lipinski definition) is 0. The second-order valence-electron chi connectivity index (χ2n) is 3.05. The van der Waals surface area contributed by atoms with Crippen LogP contribution in [0.1, 0.15) is 5.56 Å². The third-order valence-electron chi connectivity index (χ3n) is 2.06. The van der Waals surface area contributed by atoms with Crippen LogP contribution in [-0.4, -0.2) is 4.57 Å². The average Bonchev–Trinajstić information content (AvgIpc) is 2.51. The quantitative estimate of drug-likeness (QED) is 0.667. The molecular formula is C11H9I2N. The van der Waals surface area contributed by atoms with E-state index in [1.807, 2.05) is 0 Å². The minimum Gasteiger partial charge on any atom is -0.327 e. The molecule has 0 atom stereocenters. The zero-order valence-electron chi connectivity index (χ0n) is 7.45. The number of rotatable bonds is 2. The van der Waals surface area contributed by atoms with E-state index in [-0.39, 0.29) is 0 Å². The van der Waals surface area contributed by atoms with Crippen LogP contribution in [0.5, 0.6) is 0 Å². The predicted molar refractivity (Wildman–Crippen MR) is 75.4 cm³/mol. The molecule has 1 heterocycles. The van der Waals surface area contributed by atoms with Gasteiger partial charge in [0.1, 0.15) is 0 Å². The van der Waals surface area contributed by atoms with E-state index in [2.05, 4.69) is 92.2 Å². The van der Waals surface area contributed by atoms with Crippen LogP contribution in [0.15, 0.2) is 42.5 Å². The van der Waals surface area contributed by atoms with Gasteiger partial charge < -0.3 is 4.57 Å². The summed E-state index contributed by atoms with van der Waals surface area (Å²) in [7, 11) is 0. The van der Waals surface area contributed by atoms with Gasteiger partial charge in [-0.1, -0.05) is 30.3 Å². The lowest BCUT2D eigenvalue weighted by Crippen LogP contribution is -2.03. The Morgan fingerprint density at radius 2 is 1.43 bits per heavy atom. The van der Waals surface area contributed by atoms with Crippen molar-refractivity contribution in [1.29, 1.82) is 0 Å². The Morgan fingerprint density at radius 3 is 2.00 bits per heavy atom. The molecule has 2 aromatic rings. The summed E-state index contributed by atoms with van der Waals surface area (Å²) in [6.07, 6.45) is 0. The number of benzene rings is 1. The first kappa shape index (κ1) is 10.5. The molecule has 72 valence electrons. The summed E-state index contributed by atoms with van der Waals surface area (Å²) >= 11 is 4.73. The molecule has 0 aliphatic rings. The van der Waals surface area contributed by atoms with E-state index in [1.165, 1.54) is 13.0 Å². The molecule has 1 aromatic carbocycles. The molecule has 1 nitrogen and oxygen atoms in total. The monoisotopic (exact) mass is 409 g/mol. The average molecular weight is 409 g/mol. The molecule has 3 heteroatoms. The van der Waals surface area contributed by atoms with Crippen molar-refractivity contribution < 1.29 is 0 Å². The van der Waals surface area contributed by atoms with Crippen LogP contribution in [-0.2, 0) is 6.54 Å². The van der Waals surface area contributed by atoms with Gasteiger partial charge in [0.05, 0.1) is 7.40 Å². The summed E-state index contributed by atoms with van der Waals surface area (Å²) in [5.74, 6) is 0. The van der Waals surface area contributed by atoms with E-state index in [0.717, 1.165) is 6.54 Å². The smallest absolute Gasteiger partial charge is 0.0809 e. The molecule has 0 saturated heterocycles. The molecule has 0 unspecified atom stereocenters. The summed E-state index contributed by atoms with van der Waals surface area (Å²) in [5, 5.41) is 0. The first-order valence-electron chi connectivity index (χ1n) is 4.32. The van der Waals surface area contributed by atoms with Gasteiger partial charge in [0, 0.05) is 6.54 Å². The summed E-state index contributed by atoms with van der Waals surface area (Å²) in [5.41, 5.74) is 1.35. The van der Waals surface area contributed by atoms with Crippen LogP contribution >= 0.6 is 45.2 Å². The van der Waals surface area contributed by atoms with E-state index in [9.17, 15) is 0 Å². The van der Waals surface area contributed by atoms with Crippen LogP contribution in [0.25, 0.3) is 0 Å². The second-order valence-corrected chi connectivity index (χ2v) is 5.26. The second kappa shape index (κ2) is 4.65. The van der Waals surface area contributed by atoms with Crippen molar-refractivity contribution in [2.24, 2.45) is 0 Å². The van der Waals surface area contributed by atoms with Crippen molar-refractivity contribution in [2.45, 2.75) is 6.54 Å². The van der Waals surface area contributed by atoms with Gasteiger partial charge in [0.15, 0.2) is 0 Å². The fourth-order valence-electron chi connectivity index (χ4n) is 1.34. The molecular weight excluding hydrogens is 400 g/mol. The van der Waals surface area contributed by atoms with Gasteiger partial charge in [-0.05, 0) is 62.9 Å². The first-order valence-corrected chi connectivity index (χ1v) is 6.47. The van der Waals surface area contributed by atoms with Crippen molar-refractivity contribution in [3.63, 3.8) is 0 Å². The Hall–Kier alpha value is -0.0400. The third kappa shape index (κ3) is 2.31. The Bertz CT molecular complexity index is 401. The van der Waals surface area contributed by atoms with Gasteiger partial charge in [-0.3, -0.25) is 0 Å². The Morgan fingerprint density at radius 1 is 0.857 bits per heavy atom. The highest BCUT2D eigenvalue weighted by molar-refractivity contribution is 14.1. The maximum atomic E-state index is 2.37. The molecule has 0 radical (unpaired) electrons. The topological polar surface area (TPSA) is 4.93 Å². The molecule has 0 N–H and O–H groups in total. The lowest BCUT2D eigenvalue weighted by Gasteiger charge is -2.06. The fourth-order valence-corrected chi connectivity index (χ4v) is 3.02. The van der Waals surface area contributed by atoms with Crippen LogP contribution in [0.4, 0.5) is 0 Å². The van der Waals surface area contributed by atoms with Crippen LogP contribution < -0.4 is 0 Å². The Balaban J connectivity index is 2.27. The Kier molecular flexibility index (Phi) is 3.48. The predicted octanol–water partition coefficient (Wildman–Crippen LogP) is 3.75. The molecule has 0 fully saturated rings. The fraction of sp³-hybridized carbons (Fsp3) is 0.0909. The van der Waals surface area contributed by atoms with E-state index in [0.29, 0.717) is 0 Å². The normalized spacial score (nSPS) is 10.4. The molecule has 14 heavy (non-hydrogen) atoms. The standard InChI is InChI=1S/C11H9I2N/c12-10-6-7-11(13)14(10)8-9-4-2-1-3-5-9/h1-7H,8H2. The summed E-state index contributed by atoms with van der Waals surface area (Å²) in [4.78, 5) is 0. The number of nitrogens with zero attached hydrogens (tertiary/aromatic N) is 1. The van der Waals surface area contributed by atoms with Crippen molar-refractivity contribution in [1.82, 2.24) is 4.57 Å². The summed E-state index contributed by atoms with van der Waals surface area (Å²) in [6, 6.07) is 14.8. The Labute approximate surface area is 111 Å². The van der Waals surface area contributed by atoms with E-state index < -0.39 is 0 Å². The molecule has 1 aromatic heterocycles. The highest BCUT2D eigenvalue weighted by Gasteiger charge is 2.03. The number of aromatic nitrogens is 1. The van der Waals surface area contributed by atoms with Crippen molar-refractivity contribution in [3.8, 4) is 0 Å². The maximum Gasteiger partial charge on any atom is 0.0809 e. The van der Waals surface area contributed by atoms with Gasteiger partial charge >= 0.3 is 0 Å². The van der Waals surface area contributed by atoms with Gasteiger partial charge in [-0.15, -0.1) is 0 Å². The van der Waals surface area contributed by atoms with Gasteiger partial charge in [-0.2, -0.15) is 0 Å². The summed E-state index contributed by atoms with van der Waals surface area (Å²) in [6.45, 7) is 0.963. The SMILES string of the molecule is Ic1ccc(I)n1Cc1ccccc1. The maximum absolute atomic E-state index is 2.37. The summed E-state index contributed by atoms with van der Waals surface area (Å²) < 4.78 is 4.88. The zero-order valence-corrected chi connectivity index (χ0v) is 11.8. The largest absolute Gasteiger partial charge is 0.327 e. The highest BCUT2D eigenvalue weighted by atomic mass is 127. The molecule has 0 aliphatic heterocycles. The first-order chi connectivity index (χ1) is 6.77. The molecule has 0 saturated carbocycles. The van der Waals surface area contributed by atoms with Crippen molar-refractivity contribution >= 4 is 45.2 Å². The minimum absolute atomic E-state index is 0.963. The molecule has 0 bridgehead atoms. The number of hydrogen-bond donors (Lipinski definition) is 0. The van der Waals surface area contributed by atoms with E-state index in [1.54, 1.807) is 0 Å². The van der Waals surface area contributed by atoms with Crippen LogP contribution in [0.2, 0.25) is 0 Å². The van der Waals surface area contributed by atoms with Gasteiger partial charge in [0.25, 0.3) is 0 Å². The van der Waals surface area contributed by atoms with E-state index in [4.69, 9.17) is 0 Å². The number of halogens is 2. The highest BCUT2D eigenvalue weighted by Crippen LogP contribution is 2.15. The molecule has 0 amide bonds. The molecule has 0 aliphatic carbocycles. The molecule has 2 rings (SSSR count). The lowest BCUT2D eigenvalue weighted by atomic mass is 10.2. The van der Waals surface area contributed by atoms with Crippen LogP contribution in [0.3, 0.4) is 0 Å². The van der Waals surface area contributed by atoms with Crippen LogP contribution in [0, 0.1) is 7.40 Å². The van der Waals surface area contributed by atoms with E-state index >= 15 is 0 Å². The van der Waals surface area contributed by atoms with Gasteiger partial charge in [-0.25, -0.2) is 0 Å². The minimum atomic E-state index is 0.963. The van der Waals surface area contributed by atoms with Crippen molar-refractivity contribution in [3.05, 3.63) is 55.4 Å². The third-order valence-corrected chi connectivity index (χ3v) is 3.94. The van der Waals surface area contributed by atoms with Crippen molar-refractivity contribution in [2.75, 3.05) is 0 Å². The zero-order chi connectivity index (χ0) is 9.97. The molecule has 0 spiro atoms. The van der Waals surface area contributed by atoms with Gasteiger partial charge in [0.2, 0.25) is 0 Å². The lowest BCUT2D eigenvalue weighted by molar-refractivity contribution is 0.765.